The number of nitrogens with zero attached hydrogens (tertiary/aromatic N) is 1. The number of anilines is 1. The SMILES string of the molecule is CC(C)(C#N)CCOc1ccc(Br)cc1N. The van der Waals surface area contributed by atoms with Crippen molar-refractivity contribution < 1.29 is 4.74 Å². The van der Waals surface area contributed by atoms with Gasteiger partial charge >= 0.3 is 0 Å². The molecule has 0 unspecified atom stereocenters. The molecule has 0 aromatic heterocycles. The van der Waals surface area contributed by atoms with Gasteiger partial charge in [-0.15, -0.1) is 0 Å². The number of benzene rings is 1. The van der Waals surface area contributed by atoms with E-state index in [1.54, 1.807) is 6.07 Å². The van der Waals surface area contributed by atoms with Crippen LogP contribution in [0.5, 0.6) is 5.75 Å². The summed E-state index contributed by atoms with van der Waals surface area (Å²) in [4.78, 5) is 0. The van der Waals surface area contributed by atoms with Crippen molar-refractivity contribution >= 4 is 21.6 Å². The van der Waals surface area contributed by atoms with Gasteiger partial charge in [0.15, 0.2) is 0 Å². The largest absolute Gasteiger partial charge is 0.491 e. The number of ether oxygens (including phenoxy) is 1. The smallest absolute Gasteiger partial charge is 0.142 e. The number of nitriles is 1. The van der Waals surface area contributed by atoms with Crippen molar-refractivity contribution in [2.24, 2.45) is 5.41 Å². The van der Waals surface area contributed by atoms with Crippen LogP contribution < -0.4 is 10.5 Å². The summed E-state index contributed by atoms with van der Waals surface area (Å²) in [6.45, 7) is 4.27. The van der Waals surface area contributed by atoms with Gasteiger partial charge in [-0.2, -0.15) is 5.26 Å². The van der Waals surface area contributed by atoms with Gasteiger partial charge < -0.3 is 10.5 Å². The van der Waals surface area contributed by atoms with Crippen molar-refractivity contribution in [2.45, 2.75) is 20.3 Å². The zero-order chi connectivity index (χ0) is 12.2. The van der Waals surface area contributed by atoms with E-state index < -0.39 is 0 Å². The molecule has 1 aromatic carbocycles. The van der Waals surface area contributed by atoms with Gasteiger partial charge in [-0.1, -0.05) is 15.9 Å². The Morgan fingerprint density at radius 3 is 2.75 bits per heavy atom. The Labute approximate surface area is 104 Å². The van der Waals surface area contributed by atoms with Crippen LogP contribution in [-0.4, -0.2) is 6.61 Å². The molecule has 0 aliphatic carbocycles. The fourth-order valence-electron chi connectivity index (χ4n) is 1.12. The van der Waals surface area contributed by atoms with E-state index in [1.165, 1.54) is 0 Å². The highest BCUT2D eigenvalue weighted by Gasteiger charge is 2.16. The minimum atomic E-state index is -0.357. The van der Waals surface area contributed by atoms with Crippen molar-refractivity contribution in [1.29, 1.82) is 5.26 Å². The van der Waals surface area contributed by atoms with Crippen LogP contribution >= 0.6 is 15.9 Å². The van der Waals surface area contributed by atoms with E-state index in [0.717, 1.165) is 4.47 Å². The summed E-state index contributed by atoms with van der Waals surface area (Å²) in [7, 11) is 0. The molecule has 0 aliphatic rings. The molecule has 4 heteroatoms. The second kappa shape index (κ2) is 5.22. The van der Waals surface area contributed by atoms with Crippen molar-refractivity contribution in [1.82, 2.24) is 0 Å². The number of nitrogens with two attached hydrogens (primary N) is 1. The van der Waals surface area contributed by atoms with Crippen molar-refractivity contribution in [3.8, 4) is 11.8 Å². The molecule has 0 radical (unpaired) electrons. The third-order valence-corrected chi connectivity index (χ3v) is 2.75. The molecule has 0 bridgehead atoms. The Morgan fingerprint density at radius 2 is 2.19 bits per heavy atom. The van der Waals surface area contributed by atoms with E-state index in [0.29, 0.717) is 24.5 Å². The van der Waals surface area contributed by atoms with Crippen LogP contribution in [0.2, 0.25) is 0 Å². The molecule has 0 atom stereocenters. The molecular weight excluding hydrogens is 268 g/mol. The standard InChI is InChI=1S/C12H15BrN2O/c1-12(2,8-14)5-6-16-11-4-3-9(13)7-10(11)15/h3-4,7H,5-6,15H2,1-2H3. The maximum Gasteiger partial charge on any atom is 0.142 e. The monoisotopic (exact) mass is 282 g/mol. The lowest BCUT2D eigenvalue weighted by atomic mass is 9.92. The summed E-state index contributed by atoms with van der Waals surface area (Å²) in [5.41, 5.74) is 6.03. The first-order valence-corrected chi connectivity index (χ1v) is 5.83. The molecule has 0 aliphatic heterocycles. The van der Waals surface area contributed by atoms with Gasteiger partial charge in [0, 0.05) is 4.47 Å². The number of hydrogen-bond donors (Lipinski definition) is 1. The molecule has 3 nitrogen and oxygen atoms in total. The lowest BCUT2D eigenvalue weighted by Gasteiger charge is -2.16. The fourth-order valence-corrected chi connectivity index (χ4v) is 1.50. The zero-order valence-electron chi connectivity index (χ0n) is 9.46. The molecule has 86 valence electrons. The normalized spacial score (nSPS) is 10.9. The molecule has 2 N–H and O–H groups in total. The number of nitrogen functional groups attached to an aromatic ring is 1. The molecule has 0 saturated heterocycles. The van der Waals surface area contributed by atoms with Gasteiger partial charge in [-0.05, 0) is 38.5 Å². The highest BCUT2D eigenvalue weighted by atomic mass is 79.9. The van der Waals surface area contributed by atoms with E-state index in [2.05, 4.69) is 22.0 Å². The Balaban J connectivity index is 2.53. The molecule has 0 saturated carbocycles. The molecular formula is C12H15BrN2O. The van der Waals surface area contributed by atoms with E-state index >= 15 is 0 Å². The zero-order valence-corrected chi connectivity index (χ0v) is 11.0. The van der Waals surface area contributed by atoms with E-state index in [-0.39, 0.29) is 5.41 Å². The molecule has 0 amide bonds. The summed E-state index contributed by atoms with van der Waals surface area (Å²) in [6, 6.07) is 7.72. The Morgan fingerprint density at radius 1 is 1.50 bits per heavy atom. The molecule has 0 spiro atoms. The molecule has 1 rings (SSSR count). The van der Waals surface area contributed by atoms with Crippen molar-refractivity contribution in [2.75, 3.05) is 12.3 Å². The van der Waals surface area contributed by atoms with E-state index in [1.807, 2.05) is 26.0 Å². The molecule has 1 aromatic rings. The Hall–Kier alpha value is -1.21. The second-order valence-electron chi connectivity index (χ2n) is 4.28. The third kappa shape index (κ3) is 3.74. The lowest BCUT2D eigenvalue weighted by molar-refractivity contribution is 0.265. The Bertz CT molecular complexity index is 410. The summed E-state index contributed by atoms with van der Waals surface area (Å²) in [5, 5.41) is 8.85. The van der Waals surface area contributed by atoms with Gasteiger partial charge in [0.2, 0.25) is 0 Å². The van der Waals surface area contributed by atoms with Crippen LogP contribution in [0.25, 0.3) is 0 Å². The third-order valence-electron chi connectivity index (χ3n) is 2.26. The fraction of sp³-hybridized carbons (Fsp3) is 0.417. The van der Waals surface area contributed by atoms with Crippen LogP contribution in [0.15, 0.2) is 22.7 Å². The van der Waals surface area contributed by atoms with Crippen molar-refractivity contribution in [3.05, 3.63) is 22.7 Å². The molecule has 16 heavy (non-hydrogen) atoms. The predicted octanol–water partition coefficient (Wildman–Crippen LogP) is 3.35. The van der Waals surface area contributed by atoms with Gasteiger partial charge in [0.1, 0.15) is 5.75 Å². The minimum Gasteiger partial charge on any atom is -0.491 e. The maximum absolute atomic E-state index is 8.85. The van der Waals surface area contributed by atoms with Crippen LogP contribution in [0, 0.1) is 16.7 Å². The maximum atomic E-state index is 8.85. The van der Waals surface area contributed by atoms with Gasteiger partial charge in [0.25, 0.3) is 0 Å². The van der Waals surface area contributed by atoms with Gasteiger partial charge in [-0.3, -0.25) is 0 Å². The topological polar surface area (TPSA) is 59.0 Å². The van der Waals surface area contributed by atoms with Crippen LogP contribution in [0.4, 0.5) is 5.69 Å². The average Bonchev–Trinajstić information content (AvgIpc) is 2.21. The van der Waals surface area contributed by atoms with E-state index in [4.69, 9.17) is 15.7 Å². The summed E-state index contributed by atoms with van der Waals surface area (Å²) in [5.74, 6) is 0.664. The quantitative estimate of drug-likeness (QED) is 0.862. The lowest BCUT2D eigenvalue weighted by Crippen LogP contribution is -2.13. The van der Waals surface area contributed by atoms with Gasteiger partial charge in [0.05, 0.1) is 23.8 Å². The number of rotatable bonds is 4. The average molecular weight is 283 g/mol. The number of halogens is 1. The summed E-state index contributed by atoms with van der Waals surface area (Å²) in [6.07, 6.45) is 0.680. The highest BCUT2D eigenvalue weighted by Crippen LogP contribution is 2.26. The van der Waals surface area contributed by atoms with Crippen LogP contribution in [0.1, 0.15) is 20.3 Å². The second-order valence-corrected chi connectivity index (χ2v) is 5.19. The molecule has 0 heterocycles. The van der Waals surface area contributed by atoms with Gasteiger partial charge in [-0.25, -0.2) is 0 Å². The molecule has 0 fully saturated rings. The summed E-state index contributed by atoms with van der Waals surface area (Å²) < 4.78 is 6.46. The highest BCUT2D eigenvalue weighted by molar-refractivity contribution is 9.10. The minimum absolute atomic E-state index is 0.357. The van der Waals surface area contributed by atoms with Crippen molar-refractivity contribution in [3.63, 3.8) is 0 Å². The first-order valence-electron chi connectivity index (χ1n) is 5.04. The predicted molar refractivity (Wildman–Crippen MR) is 68.1 cm³/mol. The van der Waals surface area contributed by atoms with E-state index in [9.17, 15) is 0 Å². The first-order chi connectivity index (χ1) is 7.44. The van der Waals surface area contributed by atoms with Crippen LogP contribution in [-0.2, 0) is 0 Å². The van der Waals surface area contributed by atoms with Crippen LogP contribution in [0.3, 0.4) is 0 Å². The summed E-state index contributed by atoms with van der Waals surface area (Å²) >= 11 is 3.33. The first kappa shape index (κ1) is 12.9. The Kier molecular flexibility index (Phi) is 4.19. The number of hydrogen-bond acceptors (Lipinski definition) is 3.